The van der Waals surface area contributed by atoms with E-state index in [1.807, 2.05) is 38.4 Å². The molecule has 0 aliphatic rings. The van der Waals surface area contributed by atoms with Gasteiger partial charge in [0.2, 0.25) is 0 Å². The minimum Gasteiger partial charge on any atom is -0.454 e. The van der Waals surface area contributed by atoms with Crippen LogP contribution in [0.5, 0.6) is 11.5 Å². The van der Waals surface area contributed by atoms with Crippen molar-refractivity contribution in [3.63, 3.8) is 0 Å². The van der Waals surface area contributed by atoms with Crippen LogP contribution >= 0.6 is 11.6 Å². The van der Waals surface area contributed by atoms with Crippen LogP contribution in [0.25, 0.3) is 0 Å². The molecule has 0 N–H and O–H groups in total. The molecule has 0 radical (unpaired) electrons. The molecule has 0 unspecified atom stereocenters. The zero-order valence-corrected chi connectivity index (χ0v) is 10.0. The highest BCUT2D eigenvalue weighted by Crippen LogP contribution is 2.25. The van der Waals surface area contributed by atoms with E-state index in [0.29, 0.717) is 5.88 Å². The quantitative estimate of drug-likeness (QED) is 0.765. The molecule has 16 heavy (non-hydrogen) atoms. The lowest BCUT2D eigenvalue weighted by molar-refractivity contribution is 0.478. The Bertz CT molecular complexity index is 494. The van der Waals surface area contributed by atoms with Crippen LogP contribution in [-0.2, 0) is 12.9 Å². The summed E-state index contributed by atoms with van der Waals surface area (Å²) < 4.78 is 7.41. The number of alkyl halides is 1. The predicted molar refractivity (Wildman–Crippen MR) is 64.0 cm³/mol. The van der Waals surface area contributed by atoms with Gasteiger partial charge in [-0.1, -0.05) is 12.1 Å². The molecular weight excluding hydrogens is 224 g/mol. The molecule has 0 aliphatic carbocycles. The fourth-order valence-corrected chi connectivity index (χ4v) is 1.65. The predicted octanol–water partition coefficient (Wildman–Crippen LogP) is 3.26. The number of benzene rings is 1. The molecule has 0 amide bonds. The van der Waals surface area contributed by atoms with E-state index < -0.39 is 0 Å². The molecule has 3 nitrogen and oxygen atoms in total. The van der Waals surface area contributed by atoms with Crippen molar-refractivity contribution in [1.29, 1.82) is 0 Å². The molecule has 2 rings (SSSR count). The molecule has 0 fully saturated rings. The number of hydrogen-bond acceptors (Lipinski definition) is 2. The fraction of sp³-hybridized carbons (Fsp3) is 0.250. The maximum absolute atomic E-state index is 5.76. The van der Waals surface area contributed by atoms with E-state index in [0.717, 1.165) is 22.6 Å². The van der Waals surface area contributed by atoms with E-state index in [1.54, 1.807) is 10.9 Å². The van der Waals surface area contributed by atoms with Crippen LogP contribution in [0, 0.1) is 6.92 Å². The second kappa shape index (κ2) is 4.58. The maximum Gasteiger partial charge on any atom is 0.165 e. The summed E-state index contributed by atoms with van der Waals surface area (Å²) in [6.07, 6.45) is 3.52. The van der Waals surface area contributed by atoms with E-state index >= 15 is 0 Å². The number of nitrogens with zero attached hydrogens (tertiary/aromatic N) is 2. The van der Waals surface area contributed by atoms with Gasteiger partial charge >= 0.3 is 0 Å². The molecule has 0 aliphatic heterocycles. The van der Waals surface area contributed by atoms with E-state index in [2.05, 4.69) is 5.10 Å². The van der Waals surface area contributed by atoms with Gasteiger partial charge in [-0.3, -0.25) is 4.68 Å². The van der Waals surface area contributed by atoms with Gasteiger partial charge < -0.3 is 4.74 Å². The van der Waals surface area contributed by atoms with Crippen molar-refractivity contribution < 1.29 is 4.74 Å². The van der Waals surface area contributed by atoms with Gasteiger partial charge in [-0.25, -0.2) is 0 Å². The molecule has 84 valence electrons. The zero-order chi connectivity index (χ0) is 11.5. The van der Waals surface area contributed by atoms with Crippen molar-refractivity contribution in [2.24, 2.45) is 7.05 Å². The molecule has 0 spiro atoms. The minimum absolute atomic E-state index is 0.522. The Morgan fingerprint density at radius 1 is 1.44 bits per heavy atom. The van der Waals surface area contributed by atoms with Crippen molar-refractivity contribution in [3.8, 4) is 11.5 Å². The molecule has 2 aromatic rings. The molecule has 1 aromatic carbocycles. The summed E-state index contributed by atoms with van der Waals surface area (Å²) in [7, 11) is 1.86. The minimum atomic E-state index is 0.522. The van der Waals surface area contributed by atoms with Gasteiger partial charge in [0.1, 0.15) is 5.75 Å². The number of rotatable bonds is 3. The normalized spacial score (nSPS) is 10.4. The summed E-state index contributed by atoms with van der Waals surface area (Å²) in [4.78, 5) is 0. The maximum atomic E-state index is 5.76. The summed E-state index contributed by atoms with van der Waals surface area (Å²) in [5.41, 5.74) is 2.17. The number of hydrogen-bond donors (Lipinski definition) is 0. The third kappa shape index (κ3) is 2.36. The van der Waals surface area contributed by atoms with Crippen LogP contribution in [0.3, 0.4) is 0 Å². The number of halogens is 1. The first kappa shape index (κ1) is 11.0. The molecule has 4 heteroatoms. The second-order valence-corrected chi connectivity index (χ2v) is 3.95. The Kier molecular flexibility index (Phi) is 3.15. The smallest absolute Gasteiger partial charge is 0.165 e. The van der Waals surface area contributed by atoms with Crippen LogP contribution in [-0.4, -0.2) is 9.78 Å². The van der Waals surface area contributed by atoms with Crippen LogP contribution in [0.4, 0.5) is 0 Å². The molecule has 1 heterocycles. The van der Waals surface area contributed by atoms with E-state index in [1.165, 1.54) is 0 Å². The van der Waals surface area contributed by atoms with E-state index in [4.69, 9.17) is 16.3 Å². The number of aryl methyl sites for hydroxylation is 2. The monoisotopic (exact) mass is 236 g/mol. The largest absolute Gasteiger partial charge is 0.454 e. The van der Waals surface area contributed by atoms with E-state index in [-0.39, 0.29) is 0 Å². The Morgan fingerprint density at radius 3 is 2.81 bits per heavy atom. The average molecular weight is 237 g/mol. The molecule has 0 atom stereocenters. The SMILES string of the molecule is Cc1cc(CCl)ccc1Oc1cnn(C)c1. The molecule has 0 saturated carbocycles. The summed E-state index contributed by atoms with van der Waals surface area (Å²) in [5, 5.41) is 4.05. The van der Waals surface area contributed by atoms with Crippen LogP contribution in [0.15, 0.2) is 30.6 Å². The summed E-state index contributed by atoms with van der Waals surface area (Å²) >= 11 is 5.76. The van der Waals surface area contributed by atoms with Crippen molar-refractivity contribution in [2.45, 2.75) is 12.8 Å². The topological polar surface area (TPSA) is 27.1 Å². The Labute approximate surface area is 99.6 Å². The molecule has 0 saturated heterocycles. The first-order chi connectivity index (χ1) is 7.69. The van der Waals surface area contributed by atoms with Crippen molar-refractivity contribution in [2.75, 3.05) is 0 Å². The van der Waals surface area contributed by atoms with Gasteiger partial charge in [-0.15, -0.1) is 11.6 Å². The van der Waals surface area contributed by atoms with Gasteiger partial charge in [0.05, 0.1) is 12.4 Å². The molecule has 0 bridgehead atoms. The van der Waals surface area contributed by atoms with Gasteiger partial charge in [0.25, 0.3) is 0 Å². The average Bonchev–Trinajstić information content (AvgIpc) is 2.67. The first-order valence-electron chi connectivity index (χ1n) is 5.01. The van der Waals surface area contributed by atoms with Crippen molar-refractivity contribution in [1.82, 2.24) is 9.78 Å². The fourth-order valence-electron chi connectivity index (χ4n) is 1.49. The van der Waals surface area contributed by atoms with Gasteiger partial charge in [-0.05, 0) is 24.1 Å². The lowest BCUT2D eigenvalue weighted by atomic mass is 10.1. The highest BCUT2D eigenvalue weighted by molar-refractivity contribution is 6.17. The van der Waals surface area contributed by atoms with Crippen LogP contribution in [0.1, 0.15) is 11.1 Å². The Hall–Kier alpha value is -1.48. The van der Waals surface area contributed by atoms with Gasteiger partial charge in [0, 0.05) is 12.9 Å². The van der Waals surface area contributed by atoms with Crippen molar-refractivity contribution in [3.05, 3.63) is 41.7 Å². The zero-order valence-electron chi connectivity index (χ0n) is 9.27. The van der Waals surface area contributed by atoms with Crippen LogP contribution in [0.2, 0.25) is 0 Å². The number of aromatic nitrogens is 2. The highest BCUT2D eigenvalue weighted by Gasteiger charge is 2.03. The summed E-state index contributed by atoms with van der Waals surface area (Å²) in [6.45, 7) is 2.00. The Balaban J connectivity index is 2.21. The third-order valence-electron chi connectivity index (χ3n) is 2.30. The van der Waals surface area contributed by atoms with E-state index in [9.17, 15) is 0 Å². The van der Waals surface area contributed by atoms with Crippen LogP contribution < -0.4 is 4.74 Å². The second-order valence-electron chi connectivity index (χ2n) is 3.69. The standard InChI is InChI=1S/C12H13ClN2O/c1-9-5-10(6-13)3-4-12(9)16-11-7-14-15(2)8-11/h3-5,7-8H,6H2,1-2H3. The highest BCUT2D eigenvalue weighted by atomic mass is 35.5. The van der Waals surface area contributed by atoms with Crippen molar-refractivity contribution >= 4 is 11.6 Å². The Morgan fingerprint density at radius 2 is 2.25 bits per heavy atom. The summed E-state index contributed by atoms with van der Waals surface area (Å²) in [6, 6.07) is 5.92. The first-order valence-corrected chi connectivity index (χ1v) is 5.54. The lowest BCUT2D eigenvalue weighted by Crippen LogP contribution is -1.88. The molecule has 1 aromatic heterocycles. The third-order valence-corrected chi connectivity index (χ3v) is 2.61. The molecular formula is C12H13ClN2O. The van der Waals surface area contributed by atoms with Gasteiger partial charge in [-0.2, -0.15) is 5.10 Å². The lowest BCUT2D eigenvalue weighted by Gasteiger charge is -2.07. The summed E-state index contributed by atoms with van der Waals surface area (Å²) in [5.74, 6) is 2.10. The number of ether oxygens (including phenoxy) is 1. The van der Waals surface area contributed by atoms with Gasteiger partial charge in [0.15, 0.2) is 5.75 Å².